The van der Waals surface area contributed by atoms with Crippen molar-refractivity contribution in [1.82, 2.24) is 28.2 Å². The van der Waals surface area contributed by atoms with E-state index in [1.807, 2.05) is 12.9 Å². The van der Waals surface area contributed by atoms with Crippen LogP contribution in [0, 0.1) is 11.8 Å². The number of carbonyl (C=O) groups is 1. The summed E-state index contributed by atoms with van der Waals surface area (Å²) in [5, 5.41) is 36.7. The summed E-state index contributed by atoms with van der Waals surface area (Å²) in [7, 11) is 1.58. The predicted molar refractivity (Wildman–Crippen MR) is 282 cm³/mol. The third kappa shape index (κ3) is 20.8. The summed E-state index contributed by atoms with van der Waals surface area (Å²) < 4.78 is 36.8. The number of nitrogens with one attached hydrogen (secondary N) is 2. The Labute approximate surface area is 404 Å². The molecule has 388 valence electrons. The van der Waals surface area contributed by atoms with Crippen LogP contribution < -0.4 is 9.96 Å². The van der Waals surface area contributed by atoms with E-state index in [9.17, 15) is 15.3 Å². The van der Waals surface area contributed by atoms with Gasteiger partial charge in [0.15, 0.2) is 0 Å². The zero-order valence-electron chi connectivity index (χ0n) is 43.9. The Morgan fingerprint density at radius 2 is 1.17 bits per heavy atom. The molecule has 16 nitrogen and oxygen atoms in total. The fourth-order valence-corrected chi connectivity index (χ4v) is 27.1. The van der Waals surface area contributed by atoms with E-state index in [2.05, 4.69) is 96.2 Å². The van der Waals surface area contributed by atoms with Gasteiger partial charge < -0.3 is 71.0 Å². The molecular weight excluding hydrogens is 929 g/mol. The zero-order chi connectivity index (χ0) is 49.8. The van der Waals surface area contributed by atoms with Crippen LogP contribution in [0.4, 0.5) is 0 Å². The lowest BCUT2D eigenvalue weighted by molar-refractivity contribution is -0.0980. The Bertz CT molecular complexity index is 1220. The summed E-state index contributed by atoms with van der Waals surface area (Å²) >= 11 is 0. The summed E-state index contributed by atoms with van der Waals surface area (Å²) in [5.41, 5.74) is 0. The van der Waals surface area contributed by atoms with Crippen LogP contribution in [0.5, 0.6) is 0 Å². The van der Waals surface area contributed by atoms with Crippen LogP contribution in [0.3, 0.4) is 0 Å². The second-order valence-corrected chi connectivity index (χ2v) is 42.7. The molecule has 0 aromatic carbocycles. The second kappa shape index (κ2) is 33.7. The van der Waals surface area contributed by atoms with E-state index in [1.165, 1.54) is 50.9 Å². The molecule has 6 N–H and O–H groups in total. The van der Waals surface area contributed by atoms with Gasteiger partial charge in [0.25, 0.3) is 42.4 Å². The topological polar surface area (TPSA) is 181 Å². The van der Waals surface area contributed by atoms with E-state index in [-0.39, 0.29) is 24.9 Å². The lowest BCUT2D eigenvalue weighted by Gasteiger charge is -2.32. The highest BCUT2D eigenvalue weighted by atomic mass is 28.4. The van der Waals surface area contributed by atoms with E-state index < -0.39 is 50.6 Å². The Morgan fingerprint density at radius 1 is 0.662 bits per heavy atom. The average Bonchev–Trinajstić information content (AvgIpc) is 4.18. The molecule has 65 heavy (non-hydrogen) atoms. The van der Waals surface area contributed by atoms with Crippen molar-refractivity contribution in [3.05, 3.63) is 12.7 Å². The SMILES string of the molecule is C=CCN1CCC[Si]1(CO)OC.C=O.CC1CN(C)[Si](C)(C)C1.CCCCN1CCC[Si]1(CO)OC.CCO[Si]1(C)CCCN1.CO[Si]1(CO)CC(C)CN1C.CO[Si]1(CO)CCCN1. The number of aliphatic hydroxyl groups is 4. The zero-order valence-corrected chi connectivity index (χ0v) is 49.9. The Kier molecular flexibility index (Phi) is 33.7. The van der Waals surface area contributed by atoms with Crippen LogP contribution in [-0.4, -0.2) is 223 Å². The van der Waals surface area contributed by atoms with Crippen molar-refractivity contribution in [2.75, 3.05) is 126 Å². The summed E-state index contributed by atoms with van der Waals surface area (Å²) in [5.74, 6) is 1.63. The van der Waals surface area contributed by atoms with Gasteiger partial charge >= 0.3 is 0 Å². The first-order valence-corrected chi connectivity index (χ1v) is 39.3. The highest BCUT2D eigenvalue weighted by Crippen LogP contribution is 2.30. The van der Waals surface area contributed by atoms with Crippen molar-refractivity contribution in [2.45, 2.75) is 122 Å². The van der Waals surface area contributed by atoms with Crippen LogP contribution >= 0.6 is 0 Å². The smallest absolute Gasteiger partial charge is 0.297 e. The summed E-state index contributed by atoms with van der Waals surface area (Å²) in [6, 6.07) is 7.05. The molecule has 6 fully saturated rings. The molecule has 0 radical (unpaired) electrons. The minimum atomic E-state index is -1.91. The van der Waals surface area contributed by atoms with E-state index >= 15 is 0 Å². The van der Waals surface area contributed by atoms with Gasteiger partial charge in [0.05, 0.1) is 24.9 Å². The minimum absolute atomic E-state index is 0.206. The number of hydrogen-bond acceptors (Lipinski definition) is 16. The van der Waals surface area contributed by atoms with Gasteiger partial charge in [-0.25, -0.2) is 0 Å². The lowest BCUT2D eigenvalue weighted by atomic mass is 10.2. The minimum Gasteiger partial charge on any atom is -0.405 e. The van der Waals surface area contributed by atoms with Crippen molar-refractivity contribution in [3.8, 4) is 0 Å². The van der Waals surface area contributed by atoms with Crippen molar-refractivity contribution in [3.63, 3.8) is 0 Å². The lowest BCUT2D eigenvalue weighted by Crippen LogP contribution is -2.54. The van der Waals surface area contributed by atoms with Gasteiger partial charge in [-0.15, -0.1) is 6.58 Å². The number of nitrogens with zero attached hydrogens (tertiary/aromatic N) is 4. The van der Waals surface area contributed by atoms with Gasteiger partial charge in [-0.05, 0) is 154 Å². The highest BCUT2D eigenvalue weighted by molar-refractivity contribution is 6.75. The van der Waals surface area contributed by atoms with Gasteiger partial charge in [0.1, 0.15) is 15.0 Å². The molecule has 6 saturated heterocycles. The monoisotopic (exact) mass is 1030 g/mol. The van der Waals surface area contributed by atoms with Gasteiger partial charge in [0, 0.05) is 41.6 Å². The Hall–Kier alpha value is 0.111. The molecule has 6 aliphatic heterocycles. The van der Waals surface area contributed by atoms with Crippen LogP contribution in [0.1, 0.15) is 66.2 Å². The molecule has 22 heteroatoms. The van der Waals surface area contributed by atoms with E-state index in [4.69, 9.17) is 32.0 Å². The fraction of sp³-hybridized carbons (Fsp3) is 0.930. The maximum Gasteiger partial charge on any atom is 0.297 e. The number of unbranched alkanes of at least 4 members (excludes halogenated alkanes) is 1. The molecule has 0 aliphatic carbocycles. The van der Waals surface area contributed by atoms with Gasteiger partial charge in [-0.1, -0.05) is 46.4 Å². The number of hydrogen-bond donors (Lipinski definition) is 6. The maximum atomic E-state index is 9.38. The Morgan fingerprint density at radius 3 is 1.48 bits per heavy atom. The molecule has 0 saturated carbocycles. The molecule has 0 amide bonds. The van der Waals surface area contributed by atoms with Crippen LogP contribution in [-0.2, 0) is 26.9 Å². The van der Waals surface area contributed by atoms with Crippen LogP contribution in [0.25, 0.3) is 0 Å². The highest BCUT2D eigenvalue weighted by Gasteiger charge is 2.47. The average molecular weight is 1030 g/mol. The molecule has 0 bridgehead atoms. The first-order valence-electron chi connectivity index (χ1n) is 24.4. The van der Waals surface area contributed by atoms with Gasteiger partial charge in [0.2, 0.25) is 0 Å². The van der Waals surface area contributed by atoms with Crippen molar-refractivity contribution < 1.29 is 47.4 Å². The molecule has 7 atom stereocenters. The predicted octanol–water partition coefficient (Wildman–Crippen LogP) is 4.07. The summed E-state index contributed by atoms with van der Waals surface area (Å²) in [6.07, 6.45) is 10.0. The normalized spacial score (nSPS) is 33.1. The largest absolute Gasteiger partial charge is 0.405 e. The standard InChI is InChI=1S/C9H21NO2Si.C8H17NO2Si.C7H17NO2Si.C7H17NSi.C6H15NOSi.C5H13NO2Si.CH2O/c1-3-4-6-10-7-5-8-13(10,9-11)12-2;1-3-5-9-6-4-7-12(9,8-10)11-2;1-7-4-8(2)11(5-7,6-9)10-3;1-7-5-8(2)9(3,4)6-7;1-3-8-9(2)6-4-5-7-9;1-8-9(5-7)4-2-3-6-9;1-2/h11H,3-9H2,1-2H3;3,10H,1,4-8H2,2H3;7,9H,4-6H2,1-3H3;7H,5-6H2,1-4H3;7H,3-6H2,1-2H3;6-7H,2-5H2,1H3;1H2. The number of rotatable bonds is 15. The molecule has 7 unspecified atom stereocenters. The fourth-order valence-electron chi connectivity index (χ4n) is 9.98. The van der Waals surface area contributed by atoms with Crippen LogP contribution in [0.2, 0.25) is 55.9 Å². The first-order chi connectivity index (χ1) is 30.8. The quantitative estimate of drug-likeness (QED) is 0.102. The van der Waals surface area contributed by atoms with E-state index in [0.717, 1.165) is 88.8 Å². The van der Waals surface area contributed by atoms with Gasteiger partial charge in [-0.2, -0.15) is 0 Å². The molecule has 6 rings (SSSR count). The van der Waals surface area contributed by atoms with E-state index in [0.29, 0.717) is 5.92 Å². The van der Waals surface area contributed by atoms with Gasteiger partial charge in [-0.3, -0.25) is 4.57 Å². The van der Waals surface area contributed by atoms with Crippen LogP contribution in [0.15, 0.2) is 12.7 Å². The number of carbonyl (C=O) groups excluding carboxylic acids is 1. The maximum absolute atomic E-state index is 9.38. The molecule has 6 heterocycles. The van der Waals surface area contributed by atoms with Crippen molar-refractivity contribution in [2.24, 2.45) is 11.8 Å². The van der Waals surface area contributed by atoms with Crippen molar-refractivity contribution in [1.29, 1.82) is 0 Å². The molecule has 0 aromatic rings. The second-order valence-electron chi connectivity index (χ2n) is 19.5. The Balaban J connectivity index is 0.000000754. The molecule has 0 aromatic heterocycles. The summed E-state index contributed by atoms with van der Waals surface area (Å²) in [4.78, 5) is 14.7. The first kappa shape index (κ1) is 65.1. The molecule has 0 spiro atoms. The number of aliphatic hydroxyl groups excluding tert-OH is 4. The molecular formula is C43H102N6O10Si6. The van der Waals surface area contributed by atoms with Crippen molar-refractivity contribution >= 4 is 57.4 Å². The third-order valence-corrected chi connectivity index (χ3v) is 36.8. The summed E-state index contributed by atoms with van der Waals surface area (Å²) in [6.45, 7) is 31.3. The van der Waals surface area contributed by atoms with E-state index in [1.54, 1.807) is 28.4 Å². The third-order valence-electron chi connectivity index (χ3n) is 14.2. The molecule has 6 aliphatic rings.